The Balaban J connectivity index is 2.00. The van der Waals surface area contributed by atoms with Gasteiger partial charge in [0.2, 0.25) is 0 Å². The summed E-state index contributed by atoms with van der Waals surface area (Å²) in [7, 11) is 0. The number of aromatic nitrogens is 2. The Kier molecular flexibility index (Phi) is 1.81. The van der Waals surface area contributed by atoms with Gasteiger partial charge in [0.05, 0.1) is 11.4 Å². The molecular formula is C19H16N2. The highest BCUT2D eigenvalue weighted by Gasteiger charge is 2.41. The zero-order chi connectivity index (χ0) is 14.2. The summed E-state index contributed by atoms with van der Waals surface area (Å²) in [6, 6.07) is 17.2. The second-order valence-electron chi connectivity index (χ2n) is 6.47. The molecule has 0 radical (unpaired) electrons. The van der Waals surface area contributed by atoms with Gasteiger partial charge in [0.25, 0.3) is 0 Å². The Labute approximate surface area is 122 Å². The first-order valence-electron chi connectivity index (χ1n) is 7.40. The summed E-state index contributed by atoms with van der Waals surface area (Å²) in [4.78, 5) is 7.24. The second-order valence-corrected chi connectivity index (χ2v) is 6.47. The average molecular weight is 272 g/mol. The van der Waals surface area contributed by atoms with Crippen molar-refractivity contribution in [3.05, 3.63) is 59.7 Å². The van der Waals surface area contributed by atoms with Gasteiger partial charge in [-0.25, -0.2) is 0 Å². The maximum atomic E-state index is 3.62. The molecule has 0 amide bonds. The minimum atomic E-state index is 0.0177. The van der Waals surface area contributed by atoms with Crippen molar-refractivity contribution < 1.29 is 0 Å². The van der Waals surface area contributed by atoms with Gasteiger partial charge in [-0.3, -0.25) is 0 Å². The van der Waals surface area contributed by atoms with Crippen LogP contribution in [0.1, 0.15) is 25.0 Å². The van der Waals surface area contributed by atoms with Crippen molar-refractivity contribution in [2.45, 2.75) is 19.3 Å². The SMILES string of the molecule is CC1(C)c2c([nH]c3ccccc23)-c2[nH]c3ccccc3c21. The molecule has 0 unspecified atom stereocenters. The summed E-state index contributed by atoms with van der Waals surface area (Å²) in [5.41, 5.74) is 7.82. The van der Waals surface area contributed by atoms with Crippen molar-refractivity contribution in [2.24, 2.45) is 0 Å². The van der Waals surface area contributed by atoms with Crippen molar-refractivity contribution in [1.29, 1.82) is 0 Å². The lowest BCUT2D eigenvalue weighted by molar-refractivity contribution is 0.673. The Morgan fingerprint density at radius 2 is 1.10 bits per heavy atom. The van der Waals surface area contributed by atoms with Crippen LogP contribution in [0, 0.1) is 0 Å². The fourth-order valence-corrected chi connectivity index (χ4v) is 4.08. The smallest absolute Gasteiger partial charge is 0.0675 e. The molecule has 0 saturated heterocycles. The van der Waals surface area contributed by atoms with Gasteiger partial charge in [-0.2, -0.15) is 0 Å². The minimum Gasteiger partial charge on any atom is -0.353 e. The number of hydrogen-bond donors (Lipinski definition) is 2. The van der Waals surface area contributed by atoms with Gasteiger partial charge in [-0.05, 0) is 23.3 Å². The number of hydrogen-bond acceptors (Lipinski definition) is 0. The maximum absolute atomic E-state index is 3.62. The predicted octanol–water partition coefficient (Wildman–Crippen LogP) is 4.96. The summed E-state index contributed by atoms with van der Waals surface area (Å²) >= 11 is 0. The molecule has 0 saturated carbocycles. The second kappa shape index (κ2) is 3.40. The topological polar surface area (TPSA) is 31.6 Å². The first-order valence-corrected chi connectivity index (χ1v) is 7.40. The molecule has 102 valence electrons. The van der Waals surface area contributed by atoms with E-state index in [-0.39, 0.29) is 5.41 Å². The Bertz CT molecular complexity index is 933. The summed E-state index contributed by atoms with van der Waals surface area (Å²) in [6.45, 7) is 4.66. The molecule has 2 aromatic heterocycles. The van der Waals surface area contributed by atoms with Gasteiger partial charge in [0.1, 0.15) is 0 Å². The molecule has 2 heteroatoms. The fourth-order valence-electron chi connectivity index (χ4n) is 4.08. The number of benzene rings is 2. The van der Waals surface area contributed by atoms with Crippen LogP contribution in [0.25, 0.3) is 33.2 Å². The van der Waals surface area contributed by atoms with Crippen molar-refractivity contribution in [3.8, 4) is 11.4 Å². The highest BCUT2D eigenvalue weighted by molar-refractivity contribution is 6.02. The van der Waals surface area contributed by atoms with E-state index in [0.29, 0.717) is 0 Å². The van der Waals surface area contributed by atoms with E-state index in [4.69, 9.17) is 0 Å². The fraction of sp³-hybridized carbons (Fsp3) is 0.158. The molecule has 21 heavy (non-hydrogen) atoms. The standard InChI is InChI=1S/C19H16N2/c1-19(2)15-11-7-3-5-9-13(11)20-17(15)18-16(19)12-8-4-6-10-14(12)21-18/h3-10,20-21H,1-2H3. The molecule has 2 N–H and O–H groups in total. The molecule has 4 aromatic rings. The Morgan fingerprint density at radius 1 is 0.667 bits per heavy atom. The Hall–Kier alpha value is -2.48. The van der Waals surface area contributed by atoms with E-state index in [1.807, 2.05) is 0 Å². The van der Waals surface area contributed by atoms with Crippen molar-refractivity contribution >= 4 is 21.8 Å². The van der Waals surface area contributed by atoms with E-state index in [1.54, 1.807) is 0 Å². The molecule has 0 atom stereocenters. The van der Waals surface area contributed by atoms with E-state index < -0.39 is 0 Å². The van der Waals surface area contributed by atoms with Crippen molar-refractivity contribution in [2.75, 3.05) is 0 Å². The molecule has 2 nitrogen and oxygen atoms in total. The molecule has 5 rings (SSSR count). The van der Waals surface area contributed by atoms with E-state index in [0.717, 1.165) is 0 Å². The summed E-state index contributed by atoms with van der Waals surface area (Å²) in [5, 5.41) is 2.68. The van der Waals surface area contributed by atoms with Gasteiger partial charge < -0.3 is 9.97 Å². The highest BCUT2D eigenvalue weighted by Crippen LogP contribution is 2.53. The third-order valence-corrected chi connectivity index (χ3v) is 4.91. The highest BCUT2D eigenvalue weighted by atomic mass is 14.8. The zero-order valence-electron chi connectivity index (χ0n) is 12.1. The predicted molar refractivity (Wildman–Crippen MR) is 87.7 cm³/mol. The van der Waals surface area contributed by atoms with Crippen LogP contribution in [-0.4, -0.2) is 9.97 Å². The molecule has 0 spiro atoms. The van der Waals surface area contributed by atoms with Crippen LogP contribution in [0.4, 0.5) is 0 Å². The molecule has 2 aromatic carbocycles. The number of fused-ring (bicyclic) bond motifs is 7. The number of para-hydroxylation sites is 2. The van der Waals surface area contributed by atoms with Crippen molar-refractivity contribution in [3.63, 3.8) is 0 Å². The molecular weight excluding hydrogens is 256 g/mol. The lowest BCUT2D eigenvalue weighted by Crippen LogP contribution is -2.14. The molecule has 1 aliphatic rings. The van der Waals surface area contributed by atoms with Crippen LogP contribution in [0.3, 0.4) is 0 Å². The minimum absolute atomic E-state index is 0.0177. The van der Waals surface area contributed by atoms with Crippen LogP contribution in [0.15, 0.2) is 48.5 Å². The summed E-state index contributed by atoms with van der Waals surface area (Å²) in [5.74, 6) is 0. The van der Waals surface area contributed by atoms with E-state index in [2.05, 4.69) is 72.3 Å². The lowest BCUT2D eigenvalue weighted by Gasteiger charge is -2.20. The van der Waals surface area contributed by atoms with Gasteiger partial charge in [0.15, 0.2) is 0 Å². The molecule has 0 bridgehead atoms. The number of nitrogens with one attached hydrogen (secondary N) is 2. The van der Waals surface area contributed by atoms with Crippen LogP contribution in [-0.2, 0) is 5.41 Å². The van der Waals surface area contributed by atoms with Crippen LogP contribution in [0.2, 0.25) is 0 Å². The number of H-pyrrole nitrogens is 2. The number of aromatic amines is 2. The Morgan fingerprint density at radius 3 is 1.57 bits per heavy atom. The monoisotopic (exact) mass is 272 g/mol. The maximum Gasteiger partial charge on any atom is 0.0675 e. The van der Waals surface area contributed by atoms with Crippen LogP contribution < -0.4 is 0 Å². The first-order chi connectivity index (χ1) is 10.2. The largest absolute Gasteiger partial charge is 0.353 e. The summed E-state index contributed by atoms with van der Waals surface area (Å²) < 4.78 is 0. The van der Waals surface area contributed by atoms with E-state index >= 15 is 0 Å². The normalized spacial score (nSPS) is 15.5. The zero-order valence-corrected chi connectivity index (χ0v) is 12.1. The number of rotatable bonds is 0. The molecule has 1 aliphatic carbocycles. The van der Waals surface area contributed by atoms with Crippen molar-refractivity contribution in [1.82, 2.24) is 9.97 Å². The third kappa shape index (κ3) is 1.19. The third-order valence-electron chi connectivity index (χ3n) is 4.91. The van der Waals surface area contributed by atoms with E-state index in [1.165, 1.54) is 44.3 Å². The molecule has 2 heterocycles. The van der Waals surface area contributed by atoms with Gasteiger partial charge in [-0.1, -0.05) is 50.2 Å². The summed E-state index contributed by atoms with van der Waals surface area (Å²) in [6.07, 6.45) is 0. The molecule has 0 fully saturated rings. The van der Waals surface area contributed by atoms with Gasteiger partial charge in [0, 0.05) is 27.2 Å². The first kappa shape index (κ1) is 11.2. The van der Waals surface area contributed by atoms with Gasteiger partial charge >= 0.3 is 0 Å². The van der Waals surface area contributed by atoms with Gasteiger partial charge in [-0.15, -0.1) is 0 Å². The molecule has 0 aliphatic heterocycles. The van der Waals surface area contributed by atoms with Crippen LogP contribution in [0.5, 0.6) is 0 Å². The average Bonchev–Trinajstić information content (AvgIpc) is 3.10. The quantitative estimate of drug-likeness (QED) is 0.453. The van der Waals surface area contributed by atoms with Crippen LogP contribution >= 0.6 is 0 Å². The van der Waals surface area contributed by atoms with E-state index in [9.17, 15) is 0 Å². The lowest BCUT2D eigenvalue weighted by atomic mass is 9.81.